The van der Waals surface area contributed by atoms with E-state index >= 15 is 0 Å². The maximum Gasteiger partial charge on any atom is 0.258 e. The Bertz CT molecular complexity index is 664. The second kappa shape index (κ2) is 5.83. The fraction of sp³-hybridized carbons (Fsp3) is 0.0769. The van der Waals surface area contributed by atoms with Crippen LogP contribution < -0.4 is 10.6 Å². The molecule has 2 aromatic rings. The molecule has 0 bridgehead atoms. The summed E-state index contributed by atoms with van der Waals surface area (Å²) in [6.45, 7) is 0. The molecule has 1 aromatic heterocycles. The van der Waals surface area contributed by atoms with Crippen molar-refractivity contribution in [1.29, 1.82) is 0 Å². The van der Waals surface area contributed by atoms with Gasteiger partial charge in [0.05, 0.1) is 10.6 Å². The Morgan fingerprint density at radius 1 is 1.30 bits per heavy atom. The van der Waals surface area contributed by atoms with Crippen LogP contribution in [-0.4, -0.2) is 17.9 Å². The first kappa shape index (κ1) is 14.2. The Balaban J connectivity index is 2.26. The van der Waals surface area contributed by atoms with Gasteiger partial charge in [0, 0.05) is 18.9 Å². The van der Waals surface area contributed by atoms with E-state index in [1.54, 1.807) is 0 Å². The number of nitrogens with one attached hydrogen (secondary N) is 2. The maximum atomic E-state index is 13.9. The average Bonchev–Trinajstić information content (AvgIpc) is 2.43. The summed E-state index contributed by atoms with van der Waals surface area (Å²) in [5, 5.41) is 4.84. The molecular weight excluding hydrogens is 288 g/mol. The Hall–Kier alpha value is -2.21. The van der Waals surface area contributed by atoms with Crippen molar-refractivity contribution in [1.82, 2.24) is 4.98 Å². The van der Waals surface area contributed by atoms with Gasteiger partial charge >= 0.3 is 0 Å². The first-order chi connectivity index (χ1) is 9.52. The van der Waals surface area contributed by atoms with E-state index in [1.165, 1.54) is 31.4 Å². The quantitative estimate of drug-likeness (QED) is 0.914. The zero-order valence-electron chi connectivity index (χ0n) is 10.4. The summed E-state index contributed by atoms with van der Waals surface area (Å²) >= 11 is 5.60. The number of rotatable bonds is 3. The van der Waals surface area contributed by atoms with Crippen molar-refractivity contribution in [2.45, 2.75) is 0 Å². The number of aromatic nitrogens is 1. The smallest absolute Gasteiger partial charge is 0.258 e. The molecule has 7 heteroatoms. The molecule has 0 aliphatic heterocycles. The molecule has 0 saturated carbocycles. The highest BCUT2D eigenvalue weighted by Gasteiger charge is 2.16. The molecule has 0 radical (unpaired) electrons. The number of carbonyl (C=O) groups is 1. The number of carbonyl (C=O) groups excluding carboxylic acids is 1. The van der Waals surface area contributed by atoms with Crippen LogP contribution in [0.1, 0.15) is 10.4 Å². The van der Waals surface area contributed by atoms with Crippen molar-refractivity contribution in [2.75, 3.05) is 17.7 Å². The van der Waals surface area contributed by atoms with E-state index in [9.17, 15) is 13.6 Å². The minimum Gasteiger partial charge on any atom is -0.371 e. The lowest BCUT2D eigenvalue weighted by molar-refractivity contribution is 0.102. The van der Waals surface area contributed by atoms with E-state index in [0.717, 1.165) is 6.07 Å². The zero-order chi connectivity index (χ0) is 14.7. The van der Waals surface area contributed by atoms with Crippen molar-refractivity contribution in [3.8, 4) is 0 Å². The number of benzene rings is 1. The molecule has 0 aliphatic rings. The maximum absolute atomic E-state index is 13.9. The minimum absolute atomic E-state index is 0.0326. The summed E-state index contributed by atoms with van der Waals surface area (Å²) in [6, 6.07) is 4.93. The first-order valence-electron chi connectivity index (χ1n) is 5.61. The van der Waals surface area contributed by atoms with Crippen LogP contribution in [0.3, 0.4) is 0 Å². The van der Waals surface area contributed by atoms with E-state index < -0.39 is 17.5 Å². The number of amides is 1. The average molecular weight is 298 g/mol. The van der Waals surface area contributed by atoms with Gasteiger partial charge in [-0.05, 0) is 24.3 Å². The predicted molar refractivity (Wildman–Crippen MR) is 73.1 cm³/mol. The SMILES string of the molecule is CNc1nccc(C(=O)Nc2ccc(F)c(Cl)c2)c1F. The number of nitrogens with zero attached hydrogens (tertiary/aromatic N) is 1. The third kappa shape index (κ3) is 2.85. The lowest BCUT2D eigenvalue weighted by atomic mass is 10.2. The first-order valence-corrected chi connectivity index (χ1v) is 5.99. The molecule has 4 nitrogen and oxygen atoms in total. The topological polar surface area (TPSA) is 54.0 Å². The van der Waals surface area contributed by atoms with Crippen LogP contribution in [0.2, 0.25) is 5.02 Å². The summed E-state index contributed by atoms with van der Waals surface area (Å²) in [7, 11) is 1.49. The lowest BCUT2D eigenvalue weighted by Crippen LogP contribution is -2.15. The third-order valence-electron chi connectivity index (χ3n) is 2.55. The summed E-state index contributed by atoms with van der Waals surface area (Å²) in [5.41, 5.74) is 0.0911. The van der Waals surface area contributed by atoms with Crippen LogP contribution in [0.4, 0.5) is 20.3 Å². The van der Waals surface area contributed by atoms with E-state index in [2.05, 4.69) is 15.6 Å². The van der Waals surface area contributed by atoms with Gasteiger partial charge in [-0.2, -0.15) is 0 Å². The zero-order valence-corrected chi connectivity index (χ0v) is 11.1. The Morgan fingerprint density at radius 3 is 2.70 bits per heavy atom. The van der Waals surface area contributed by atoms with Crippen molar-refractivity contribution in [2.24, 2.45) is 0 Å². The van der Waals surface area contributed by atoms with E-state index in [-0.39, 0.29) is 22.1 Å². The molecular formula is C13H10ClF2N3O. The largest absolute Gasteiger partial charge is 0.371 e. The van der Waals surface area contributed by atoms with Crippen LogP contribution >= 0.6 is 11.6 Å². The summed E-state index contributed by atoms with van der Waals surface area (Å²) < 4.78 is 26.9. The monoisotopic (exact) mass is 297 g/mol. The lowest BCUT2D eigenvalue weighted by Gasteiger charge is -2.08. The van der Waals surface area contributed by atoms with Gasteiger partial charge in [0.15, 0.2) is 11.6 Å². The van der Waals surface area contributed by atoms with Gasteiger partial charge in [-0.25, -0.2) is 13.8 Å². The van der Waals surface area contributed by atoms with Crippen molar-refractivity contribution >= 4 is 29.0 Å². The molecule has 1 aromatic carbocycles. The number of anilines is 2. The van der Waals surface area contributed by atoms with Crippen molar-refractivity contribution in [3.05, 3.63) is 52.7 Å². The van der Waals surface area contributed by atoms with E-state index in [0.29, 0.717) is 0 Å². The van der Waals surface area contributed by atoms with Crippen LogP contribution in [-0.2, 0) is 0 Å². The minimum atomic E-state index is -0.763. The number of hydrogen-bond donors (Lipinski definition) is 2. The van der Waals surface area contributed by atoms with Crippen LogP contribution in [0.15, 0.2) is 30.5 Å². The second-order valence-corrected chi connectivity index (χ2v) is 4.26. The molecule has 0 atom stereocenters. The van der Waals surface area contributed by atoms with Crippen LogP contribution in [0.25, 0.3) is 0 Å². The van der Waals surface area contributed by atoms with Gasteiger partial charge in [-0.15, -0.1) is 0 Å². The van der Waals surface area contributed by atoms with Gasteiger partial charge in [-0.3, -0.25) is 4.79 Å². The van der Waals surface area contributed by atoms with E-state index in [4.69, 9.17) is 11.6 Å². The molecule has 0 aliphatic carbocycles. The highest BCUT2D eigenvalue weighted by atomic mass is 35.5. The van der Waals surface area contributed by atoms with Crippen LogP contribution in [0.5, 0.6) is 0 Å². The Morgan fingerprint density at radius 2 is 2.05 bits per heavy atom. The highest BCUT2D eigenvalue weighted by molar-refractivity contribution is 6.31. The molecule has 2 N–H and O–H groups in total. The number of halogens is 3. The summed E-state index contributed by atoms with van der Waals surface area (Å²) in [5.74, 6) is -2.07. The normalized spacial score (nSPS) is 10.2. The Labute approximate surface area is 118 Å². The Kier molecular flexibility index (Phi) is 4.14. The predicted octanol–water partition coefficient (Wildman–Crippen LogP) is 3.31. The summed E-state index contributed by atoms with van der Waals surface area (Å²) in [6.07, 6.45) is 1.31. The molecule has 2 rings (SSSR count). The fourth-order valence-electron chi connectivity index (χ4n) is 1.57. The van der Waals surface area contributed by atoms with Crippen molar-refractivity contribution in [3.63, 3.8) is 0 Å². The molecule has 20 heavy (non-hydrogen) atoms. The second-order valence-electron chi connectivity index (χ2n) is 3.85. The highest BCUT2D eigenvalue weighted by Crippen LogP contribution is 2.21. The number of hydrogen-bond acceptors (Lipinski definition) is 3. The van der Waals surface area contributed by atoms with Crippen LogP contribution in [0, 0.1) is 11.6 Å². The molecule has 0 saturated heterocycles. The molecule has 1 heterocycles. The molecule has 104 valence electrons. The van der Waals surface area contributed by atoms with Gasteiger partial charge in [-0.1, -0.05) is 11.6 Å². The third-order valence-corrected chi connectivity index (χ3v) is 2.84. The number of pyridine rings is 1. The molecule has 0 fully saturated rings. The fourth-order valence-corrected chi connectivity index (χ4v) is 1.75. The molecule has 0 unspecified atom stereocenters. The van der Waals surface area contributed by atoms with Crippen molar-refractivity contribution < 1.29 is 13.6 Å². The summed E-state index contributed by atoms with van der Waals surface area (Å²) in [4.78, 5) is 15.7. The van der Waals surface area contributed by atoms with E-state index in [1.807, 2.05) is 0 Å². The molecule has 1 amide bonds. The molecule has 0 spiro atoms. The standard InChI is InChI=1S/C13H10ClF2N3O/c1-17-12-11(16)8(4-5-18-12)13(20)19-7-2-3-10(15)9(14)6-7/h2-6H,1H3,(H,17,18)(H,19,20). The van der Waals surface area contributed by atoms with Gasteiger partial charge in [0.2, 0.25) is 0 Å². The van der Waals surface area contributed by atoms with Gasteiger partial charge < -0.3 is 10.6 Å². The van der Waals surface area contributed by atoms with Gasteiger partial charge in [0.25, 0.3) is 5.91 Å². The van der Waals surface area contributed by atoms with Gasteiger partial charge in [0.1, 0.15) is 5.82 Å².